The lowest BCUT2D eigenvalue weighted by atomic mass is 9.92. The molecule has 8 nitrogen and oxygen atoms in total. The molecule has 2 heterocycles. The summed E-state index contributed by atoms with van der Waals surface area (Å²) in [5, 5.41) is 11.5. The molecule has 2 aliphatic rings. The van der Waals surface area contributed by atoms with Gasteiger partial charge in [-0.2, -0.15) is 0 Å². The quantitative estimate of drug-likeness (QED) is 0.304. The van der Waals surface area contributed by atoms with Gasteiger partial charge >= 0.3 is 0 Å². The van der Waals surface area contributed by atoms with Gasteiger partial charge in [0.25, 0.3) is 0 Å². The maximum Gasteiger partial charge on any atom is 0.220 e. The maximum atomic E-state index is 11.5. The summed E-state index contributed by atoms with van der Waals surface area (Å²) in [6.45, 7) is 4.27. The molecule has 42 heavy (non-hydrogen) atoms. The van der Waals surface area contributed by atoms with Gasteiger partial charge in [-0.05, 0) is 37.1 Å². The molecule has 0 amide bonds. The number of thioether (sulfide) groups is 1. The van der Waals surface area contributed by atoms with E-state index >= 15 is 0 Å². The van der Waals surface area contributed by atoms with Crippen molar-refractivity contribution in [2.75, 3.05) is 20.8 Å². The number of benzene rings is 3. The van der Waals surface area contributed by atoms with E-state index in [1.165, 1.54) is 18.9 Å². The summed E-state index contributed by atoms with van der Waals surface area (Å²) in [7, 11) is 3.09. The van der Waals surface area contributed by atoms with Gasteiger partial charge in [0.05, 0.1) is 19.8 Å². The van der Waals surface area contributed by atoms with Crippen molar-refractivity contribution in [3.05, 3.63) is 102 Å². The molecule has 8 atom stereocenters. The first-order chi connectivity index (χ1) is 20.4. The van der Waals surface area contributed by atoms with E-state index in [0.717, 1.165) is 16.0 Å². The van der Waals surface area contributed by atoms with Crippen molar-refractivity contribution in [2.45, 2.75) is 79.5 Å². The Morgan fingerprint density at radius 1 is 0.762 bits per heavy atom. The van der Waals surface area contributed by atoms with E-state index in [9.17, 15) is 5.11 Å². The van der Waals surface area contributed by atoms with E-state index in [-0.39, 0.29) is 6.61 Å². The molecule has 0 radical (unpaired) electrons. The molecule has 0 aliphatic carbocycles. The highest BCUT2D eigenvalue weighted by Gasteiger charge is 2.63. The standard InChI is InChI=1S/C33H40O8S/c1-32(35-3)33(2,36-4)41-29-28(40-32)27(26(34)22-37-20-23-14-8-5-9-15-23)39-31(42-25-18-12-7-13-19-25)30(29)38-21-24-16-10-6-11-17-24/h5-19,26-31,34H,20-22H2,1-4H3/t26-,27-,28-,29+,30+,31-,32+,33+/m1/s1. The third-order valence-electron chi connectivity index (χ3n) is 7.92. The van der Waals surface area contributed by atoms with Crippen LogP contribution in [0.2, 0.25) is 0 Å². The Hall–Kier alpha value is -2.31. The molecule has 9 heteroatoms. The van der Waals surface area contributed by atoms with Gasteiger partial charge in [0, 0.05) is 19.1 Å². The number of hydrogen-bond acceptors (Lipinski definition) is 9. The van der Waals surface area contributed by atoms with Gasteiger partial charge in [0.1, 0.15) is 36.0 Å². The third-order valence-corrected chi connectivity index (χ3v) is 9.07. The molecule has 0 saturated carbocycles. The van der Waals surface area contributed by atoms with Gasteiger partial charge in [-0.25, -0.2) is 0 Å². The van der Waals surface area contributed by atoms with Crippen LogP contribution in [0.3, 0.4) is 0 Å². The van der Waals surface area contributed by atoms with Crippen molar-refractivity contribution in [3.8, 4) is 0 Å². The SMILES string of the molecule is CO[C@@]1(C)O[C@H]2[C@H](O[C@]1(C)OC)[C@H](OCc1ccccc1)[C@@H](Sc1ccccc1)O[C@@H]2[C@H](O)COCc1ccccc1. The summed E-state index contributed by atoms with van der Waals surface area (Å²) in [5.41, 5.74) is 1.49. The molecular weight excluding hydrogens is 556 g/mol. The normalized spacial score (nSPS) is 31.8. The zero-order chi connectivity index (χ0) is 29.6. The second-order valence-electron chi connectivity index (χ2n) is 10.7. The van der Waals surface area contributed by atoms with Crippen LogP contribution in [0.25, 0.3) is 0 Å². The molecule has 3 aromatic rings. The molecule has 2 saturated heterocycles. The van der Waals surface area contributed by atoms with Gasteiger partial charge in [-0.1, -0.05) is 90.6 Å². The van der Waals surface area contributed by atoms with Crippen LogP contribution in [0.5, 0.6) is 0 Å². The fourth-order valence-corrected chi connectivity index (χ4v) is 6.39. The number of aliphatic hydroxyl groups excluding tert-OH is 1. The van der Waals surface area contributed by atoms with Crippen LogP contribution in [0, 0.1) is 0 Å². The molecule has 0 aromatic heterocycles. The summed E-state index contributed by atoms with van der Waals surface area (Å²) in [6, 6.07) is 29.7. The van der Waals surface area contributed by atoms with Crippen LogP contribution in [0.15, 0.2) is 95.9 Å². The molecule has 0 bridgehead atoms. The topological polar surface area (TPSA) is 84.8 Å². The third kappa shape index (κ3) is 6.91. The Morgan fingerprint density at radius 3 is 1.86 bits per heavy atom. The van der Waals surface area contributed by atoms with Gasteiger partial charge < -0.3 is 38.3 Å². The number of rotatable bonds is 12. The molecule has 0 spiro atoms. The first-order valence-electron chi connectivity index (χ1n) is 14.1. The lowest BCUT2D eigenvalue weighted by molar-refractivity contribution is -0.473. The van der Waals surface area contributed by atoms with E-state index in [4.69, 9.17) is 33.2 Å². The molecular formula is C33H40O8S. The molecule has 0 unspecified atom stereocenters. The number of hydrogen-bond donors (Lipinski definition) is 1. The molecule has 5 rings (SSSR count). The first kappa shape index (κ1) is 31.1. The Labute approximate surface area is 252 Å². The highest BCUT2D eigenvalue weighted by Crippen LogP contribution is 2.47. The van der Waals surface area contributed by atoms with Crippen LogP contribution in [0.4, 0.5) is 0 Å². The summed E-state index contributed by atoms with van der Waals surface area (Å²) >= 11 is 1.51. The Kier molecular flexibility index (Phi) is 10.4. The Balaban J connectivity index is 1.44. The van der Waals surface area contributed by atoms with Crippen LogP contribution in [-0.2, 0) is 46.4 Å². The fraction of sp³-hybridized carbons (Fsp3) is 0.455. The van der Waals surface area contributed by atoms with E-state index in [1.54, 1.807) is 21.0 Å². The summed E-state index contributed by atoms with van der Waals surface area (Å²) < 4.78 is 44.1. The summed E-state index contributed by atoms with van der Waals surface area (Å²) in [6.07, 6.45) is -3.82. The minimum Gasteiger partial charge on any atom is -0.388 e. The summed E-state index contributed by atoms with van der Waals surface area (Å²) in [4.78, 5) is 0.996. The van der Waals surface area contributed by atoms with Crippen molar-refractivity contribution in [3.63, 3.8) is 0 Å². The number of aliphatic hydroxyl groups is 1. The van der Waals surface area contributed by atoms with Gasteiger partial charge in [-0.15, -0.1) is 0 Å². The van der Waals surface area contributed by atoms with Crippen LogP contribution < -0.4 is 0 Å². The van der Waals surface area contributed by atoms with E-state index < -0.39 is 47.5 Å². The van der Waals surface area contributed by atoms with Gasteiger partial charge in [-0.3, -0.25) is 0 Å². The lowest BCUT2D eigenvalue weighted by Crippen LogP contribution is -2.73. The lowest BCUT2D eigenvalue weighted by Gasteiger charge is -2.57. The van der Waals surface area contributed by atoms with Crippen LogP contribution >= 0.6 is 11.8 Å². The van der Waals surface area contributed by atoms with Crippen LogP contribution in [-0.4, -0.2) is 73.5 Å². The molecule has 2 fully saturated rings. The minimum atomic E-state index is -1.29. The van der Waals surface area contributed by atoms with Crippen molar-refractivity contribution in [1.29, 1.82) is 0 Å². The smallest absolute Gasteiger partial charge is 0.220 e. The van der Waals surface area contributed by atoms with E-state index in [2.05, 4.69) is 0 Å². The molecule has 2 aliphatic heterocycles. The second kappa shape index (κ2) is 14.0. The highest BCUT2D eigenvalue weighted by atomic mass is 32.2. The van der Waals surface area contributed by atoms with E-state index in [1.807, 2.05) is 91.0 Å². The fourth-order valence-electron chi connectivity index (χ4n) is 5.25. The predicted octanol–water partition coefficient (Wildman–Crippen LogP) is 5.18. The molecule has 226 valence electrons. The Morgan fingerprint density at radius 2 is 1.29 bits per heavy atom. The maximum absolute atomic E-state index is 11.5. The molecule has 3 aromatic carbocycles. The van der Waals surface area contributed by atoms with Crippen molar-refractivity contribution in [2.24, 2.45) is 0 Å². The average molecular weight is 597 g/mol. The zero-order valence-electron chi connectivity index (χ0n) is 24.5. The van der Waals surface area contributed by atoms with Gasteiger partial charge in [0.15, 0.2) is 0 Å². The second-order valence-corrected chi connectivity index (χ2v) is 11.9. The van der Waals surface area contributed by atoms with Gasteiger partial charge in [0.2, 0.25) is 11.6 Å². The highest BCUT2D eigenvalue weighted by molar-refractivity contribution is 7.99. The van der Waals surface area contributed by atoms with E-state index in [0.29, 0.717) is 13.2 Å². The first-order valence-corrected chi connectivity index (χ1v) is 15.0. The van der Waals surface area contributed by atoms with Crippen molar-refractivity contribution in [1.82, 2.24) is 0 Å². The number of methoxy groups -OCH3 is 2. The largest absolute Gasteiger partial charge is 0.388 e. The zero-order valence-corrected chi connectivity index (χ0v) is 25.3. The molecule has 1 N–H and O–H groups in total. The Bertz CT molecular complexity index is 1230. The number of fused-ring (bicyclic) bond motifs is 1. The minimum absolute atomic E-state index is 0.0373. The predicted molar refractivity (Wildman–Crippen MR) is 159 cm³/mol. The monoisotopic (exact) mass is 596 g/mol. The summed E-state index contributed by atoms with van der Waals surface area (Å²) in [5.74, 6) is -2.56. The average Bonchev–Trinajstić information content (AvgIpc) is 3.02. The van der Waals surface area contributed by atoms with Crippen molar-refractivity contribution < 1.29 is 38.3 Å². The van der Waals surface area contributed by atoms with Crippen LogP contribution in [0.1, 0.15) is 25.0 Å². The number of ether oxygens (including phenoxy) is 7. The van der Waals surface area contributed by atoms with Crippen molar-refractivity contribution >= 4 is 11.8 Å².